The SMILES string of the molecule is CC/C=C\C/C=C\C/C=C\C/C=C\CCCOCC(COC1OC(COC2OC(CO)C(O)C(O)C2O)C(O)C(O)C1O)OC(=O)CCC. The maximum atomic E-state index is 12.2. The summed E-state index contributed by atoms with van der Waals surface area (Å²) in [5.74, 6) is -0.453. The van der Waals surface area contributed by atoms with E-state index in [0.29, 0.717) is 13.0 Å². The summed E-state index contributed by atoms with van der Waals surface area (Å²) in [5, 5.41) is 70.9. The molecule has 2 aliphatic rings. The maximum Gasteiger partial charge on any atom is 0.306 e. The van der Waals surface area contributed by atoms with Crippen LogP contribution in [0.2, 0.25) is 0 Å². The van der Waals surface area contributed by atoms with Crippen molar-refractivity contribution in [3.05, 3.63) is 48.6 Å². The molecule has 0 spiro atoms. The number of hydrogen-bond acceptors (Lipinski definition) is 14. The number of esters is 1. The van der Waals surface area contributed by atoms with Gasteiger partial charge in [0.25, 0.3) is 0 Å². The predicted molar refractivity (Wildman–Crippen MR) is 178 cm³/mol. The molecule has 11 atom stereocenters. The first-order valence-electron chi connectivity index (χ1n) is 17.2. The molecule has 0 aromatic carbocycles. The van der Waals surface area contributed by atoms with E-state index in [9.17, 15) is 40.5 Å². The van der Waals surface area contributed by atoms with Crippen LogP contribution in [0.5, 0.6) is 0 Å². The van der Waals surface area contributed by atoms with E-state index in [0.717, 1.165) is 38.5 Å². The fraction of sp³-hybridized carbons (Fsp3) is 0.743. The van der Waals surface area contributed by atoms with Crippen LogP contribution in [0.1, 0.15) is 65.2 Å². The molecule has 7 N–H and O–H groups in total. The molecule has 2 heterocycles. The molecule has 2 saturated heterocycles. The van der Waals surface area contributed by atoms with Crippen molar-refractivity contribution in [2.45, 2.75) is 133 Å². The number of ether oxygens (including phenoxy) is 6. The van der Waals surface area contributed by atoms with Crippen LogP contribution in [0.4, 0.5) is 0 Å². The number of aliphatic hydroxyl groups is 7. The normalized spacial score (nSPS) is 31.8. The molecule has 11 unspecified atom stereocenters. The van der Waals surface area contributed by atoms with Gasteiger partial charge in [-0.25, -0.2) is 0 Å². The Hall–Kier alpha value is -2.05. The summed E-state index contributed by atoms with van der Waals surface area (Å²) in [7, 11) is 0. The van der Waals surface area contributed by atoms with Gasteiger partial charge in [0.2, 0.25) is 0 Å². The van der Waals surface area contributed by atoms with Gasteiger partial charge in [-0.05, 0) is 44.9 Å². The van der Waals surface area contributed by atoms with Gasteiger partial charge in [-0.1, -0.05) is 62.5 Å². The lowest BCUT2D eigenvalue weighted by Gasteiger charge is -2.42. The number of aliphatic hydroxyl groups excluding tert-OH is 7. The van der Waals surface area contributed by atoms with E-state index in [1.165, 1.54) is 0 Å². The van der Waals surface area contributed by atoms with Gasteiger partial charge in [-0.3, -0.25) is 4.79 Å². The summed E-state index contributed by atoms with van der Waals surface area (Å²) in [5.41, 5.74) is 0. The standard InChI is InChI=1S/C35H58O14/c1-3-5-6-7-8-9-10-11-12-13-14-15-16-17-19-44-21-24(47-27(37)18-4-2)22-45-34-33(43)31(41)29(39)26(49-34)23-46-35-32(42)30(40)28(38)25(20-36)48-35/h5-6,8-9,11-12,14-15,24-26,28-36,38-43H,3-4,7,10,13,16-23H2,1-2H3/b6-5-,9-8-,12-11-,15-14-. The molecule has 14 heteroatoms. The first-order chi connectivity index (χ1) is 23.6. The minimum absolute atomic E-state index is 0.0152. The fourth-order valence-electron chi connectivity index (χ4n) is 4.97. The van der Waals surface area contributed by atoms with E-state index >= 15 is 0 Å². The fourth-order valence-corrected chi connectivity index (χ4v) is 4.97. The van der Waals surface area contributed by atoms with Crippen LogP contribution in [-0.4, -0.2) is 142 Å². The van der Waals surface area contributed by atoms with Gasteiger partial charge in [0.15, 0.2) is 12.6 Å². The number of allylic oxidation sites excluding steroid dienone is 8. The average Bonchev–Trinajstić information content (AvgIpc) is 3.09. The molecule has 0 amide bonds. The molecule has 0 aromatic heterocycles. The summed E-state index contributed by atoms with van der Waals surface area (Å²) in [6.07, 6.45) is 6.86. The zero-order chi connectivity index (χ0) is 36.0. The summed E-state index contributed by atoms with van der Waals surface area (Å²) in [6, 6.07) is 0. The number of carbonyl (C=O) groups excluding carboxylic acids is 1. The first kappa shape index (κ1) is 43.1. The summed E-state index contributed by atoms with van der Waals surface area (Å²) in [6.45, 7) is 2.97. The van der Waals surface area contributed by atoms with Gasteiger partial charge in [0.1, 0.15) is 54.9 Å². The highest BCUT2D eigenvalue weighted by molar-refractivity contribution is 5.69. The van der Waals surface area contributed by atoms with Crippen LogP contribution in [-0.2, 0) is 33.2 Å². The van der Waals surface area contributed by atoms with Gasteiger partial charge >= 0.3 is 5.97 Å². The molecule has 2 fully saturated rings. The third-order valence-electron chi connectivity index (χ3n) is 7.82. The lowest BCUT2D eigenvalue weighted by Crippen LogP contribution is -2.61. The Balaban J connectivity index is 1.80. The Bertz CT molecular complexity index is 1000. The summed E-state index contributed by atoms with van der Waals surface area (Å²) < 4.78 is 33.3. The molecular formula is C35H58O14. The van der Waals surface area contributed by atoms with Crippen molar-refractivity contribution in [2.75, 3.05) is 33.0 Å². The topological polar surface area (TPSA) is 214 Å². The smallest absolute Gasteiger partial charge is 0.306 e. The minimum atomic E-state index is -1.71. The second-order valence-electron chi connectivity index (χ2n) is 12.0. The van der Waals surface area contributed by atoms with Crippen molar-refractivity contribution < 1.29 is 69.0 Å². The van der Waals surface area contributed by atoms with Gasteiger partial charge in [0, 0.05) is 13.0 Å². The second kappa shape index (κ2) is 25.0. The number of rotatable bonds is 23. The molecular weight excluding hydrogens is 644 g/mol. The lowest BCUT2D eigenvalue weighted by molar-refractivity contribution is -0.332. The van der Waals surface area contributed by atoms with Crippen molar-refractivity contribution in [3.63, 3.8) is 0 Å². The number of hydrogen-bond donors (Lipinski definition) is 7. The van der Waals surface area contributed by atoms with Crippen LogP contribution >= 0.6 is 0 Å². The molecule has 0 aromatic rings. The van der Waals surface area contributed by atoms with Crippen molar-refractivity contribution in [1.82, 2.24) is 0 Å². The Kier molecular flexibility index (Phi) is 22.0. The highest BCUT2D eigenvalue weighted by Crippen LogP contribution is 2.26. The van der Waals surface area contributed by atoms with E-state index in [1.807, 2.05) is 6.92 Å². The van der Waals surface area contributed by atoms with Crippen molar-refractivity contribution >= 4 is 5.97 Å². The van der Waals surface area contributed by atoms with Crippen LogP contribution in [0, 0.1) is 0 Å². The number of carbonyl (C=O) groups is 1. The average molecular weight is 703 g/mol. The molecule has 0 radical (unpaired) electrons. The van der Waals surface area contributed by atoms with Crippen molar-refractivity contribution in [3.8, 4) is 0 Å². The van der Waals surface area contributed by atoms with Crippen LogP contribution in [0.25, 0.3) is 0 Å². The van der Waals surface area contributed by atoms with Gasteiger partial charge in [-0.2, -0.15) is 0 Å². The molecule has 0 bridgehead atoms. The third-order valence-corrected chi connectivity index (χ3v) is 7.82. The monoisotopic (exact) mass is 702 g/mol. The predicted octanol–water partition coefficient (Wildman–Crippen LogP) is 0.941. The minimum Gasteiger partial charge on any atom is -0.457 e. The lowest BCUT2D eigenvalue weighted by atomic mass is 9.98. The molecule has 282 valence electrons. The molecule has 0 aliphatic carbocycles. The van der Waals surface area contributed by atoms with Gasteiger partial charge in [-0.15, -0.1) is 0 Å². The van der Waals surface area contributed by atoms with Gasteiger partial charge in [0.05, 0.1) is 26.4 Å². The molecule has 49 heavy (non-hydrogen) atoms. The Labute approximate surface area is 289 Å². The van der Waals surface area contributed by atoms with E-state index in [2.05, 4.69) is 55.5 Å². The third kappa shape index (κ3) is 15.8. The van der Waals surface area contributed by atoms with Gasteiger partial charge < -0.3 is 64.2 Å². The van der Waals surface area contributed by atoms with E-state index in [-0.39, 0.29) is 19.6 Å². The summed E-state index contributed by atoms with van der Waals surface area (Å²) in [4.78, 5) is 12.2. The first-order valence-corrected chi connectivity index (χ1v) is 17.2. The van der Waals surface area contributed by atoms with Crippen molar-refractivity contribution in [1.29, 1.82) is 0 Å². The van der Waals surface area contributed by atoms with E-state index in [4.69, 9.17) is 28.4 Å². The molecule has 14 nitrogen and oxygen atoms in total. The Morgan fingerprint density at radius 2 is 1.24 bits per heavy atom. The quantitative estimate of drug-likeness (QED) is 0.0449. The zero-order valence-corrected chi connectivity index (χ0v) is 28.7. The Morgan fingerprint density at radius 3 is 1.84 bits per heavy atom. The highest BCUT2D eigenvalue weighted by Gasteiger charge is 2.47. The maximum absolute atomic E-state index is 12.2. The Morgan fingerprint density at radius 1 is 0.694 bits per heavy atom. The largest absolute Gasteiger partial charge is 0.457 e. The van der Waals surface area contributed by atoms with Crippen LogP contribution < -0.4 is 0 Å². The van der Waals surface area contributed by atoms with E-state index in [1.54, 1.807) is 0 Å². The van der Waals surface area contributed by atoms with E-state index < -0.39 is 86.7 Å². The highest BCUT2D eigenvalue weighted by atomic mass is 16.7. The van der Waals surface area contributed by atoms with Crippen LogP contribution in [0.3, 0.4) is 0 Å². The number of unbranched alkanes of at least 4 members (excludes halogenated alkanes) is 1. The molecule has 0 saturated carbocycles. The molecule has 2 aliphatic heterocycles. The second-order valence-corrected chi connectivity index (χ2v) is 12.0. The van der Waals surface area contributed by atoms with Crippen LogP contribution in [0.15, 0.2) is 48.6 Å². The summed E-state index contributed by atoms with van der Waals surface area (Å²) >= 11 is 0. The zero-order valence-electron chi connectivity index (χ0n) is 28.7. The molecule has 2 rings (SSSR count). The van der Waals surface area contributed by atoms with Crippen molar-refractivity contribution in [2.24, 2.45) is 0 Å².